The van der Waals surface area contributed by atoms with E-state index in [-0.39, 0.29) is 5.91 Å². The molecule has 0 bridgehead atoms. The van der Waals surface area contributed by atoms with Crippen LogP contribution in [0.3, 0.4) is 0 Å². The average Bonchev–Trinajstić information content (AvgIpc) is 3.09. The molecule has 0 saturated carbocycles. The summed E-state index contributed by atoms with van der Waals surface area (Å²) in [4.78, 5) is 16.1. The smallest absolute Gasteiger partial charge is 0.251 e. The Hall–Kier alpha value is -1.07. The lowest BCUT2D eigenvalue weighted by molar-refractivity contribution is 0.0935. The number of nitrogens with zero attached hydrogens (tertiary/aromatic N) is 1. The van der Waals surface area contributed by atoms with Crippen molar-refractivity contribution in [3.8, 4) is 0 Å². The number of piperidine rings is 1. The zero-order chi connectivity index (χ0) is 16.9. The van der Waals surface area contributed by atoms with E-state index < -0.39 is 0 Å². The van der Waals surface area contributed by atoms with E-state index in [9.17, 15) is 4.79 Å². The first-order valence-electron chi connectivity index (χ1n) is 8.10. The molecule has 128 valence electrons. The molecule has 1 aromatic carbocycles. The molecule has 0 unspecified atom stereocenters. The number of benzene rings is 1. The quantitative estimate of drug-likeness (QED) is 0.812. The van der Waals surface area contributed by atoms with Crippen molar-refractivity contribution in [2.75, 3.05) is 19.6 Å². The van der Waals surface area contributed by atoms with Gasteiger partial charge in [-0.2, -0.15) is 0 Å². The summed E-state index contributed by atoms with van der Waals surface area (Å²) in [7, 11) is 0. The molecule has 2 aromatic rings. The third-order valence-electron chi connectivity index (χ3n) is 4.40. The standard InChI is InChI=1S/C18H20Cl2N2OS/c19-16-4-3-14(10-17(16)20)18(23)21-11-13-5-7-22(8-6-13)12-15-2-1-9-24-15/h1-4,9-10,13H,5-8,11-12H2,(H,21,23). The summed E-state index contributed by atoms with van der Waals surface area (Å²) in [5, 5.41) is 6.02. The van der Waals surface area contributed by atoms with Crippen molar-refractivity contribution in [2.24, 2.45) is 5.92 Å². The fraction of sp³-hybridized carbons (Fsp3) is 0.389. The van der Waals surface area contributed by atoms with Gasteiger partial charge >= 0.3 is 0 Å². The van der Waals surface area contributed by atoms with Crippen molar-refractivity contribution in [1.29, 1.82) is 0 Å². The summed E-state index contributed by atoms with van der Waals surface area (Å²) in [6, 6.07) is 9.26. The van der Waals surface area contributed by atoms with E-state index in [0.717, 1.165) is 32.5 Å². The Labute approximate surface area is 156 Å². The Kier molecular flexibility index (Phi) is 6.17. The second-order valence-electron chi connectivity index (χ2n) is 6.14. The third-order valence-corrected chi connectivity index (χ3v) is 6.00. The Bertz CT molecular complexity index is 682. The first-order chi connectivity index (χ1) is 11.6. The minimum Gasteiger partial charge on any atom is -0.352 e. The van der Waals surface area contributed by atoms with Gasteiger partial charge in [-0.05, 0) is 61.5 Å². The van der Waals surface area contributed by atoms with Gasteiger partial charge in [0.05, 0.1) is 10.0 Å². The molecule has 3 rings (SSSR count). The molecule has 0 spiro atoms. The van der Waals surface area contributed by atoms with Crippen molar-refractivity contribution in [3.05, 3.63) is 56.2 Å². The zero-order valence-corrected chi connectivity index (χ0v) is 15.6. The van der Waals surface area contributed by atoms with E-state index in [0.29, 0.717) is 28.1 Å². The Morgan fingerprint density at radius 2 is 2.00 bits per heavy atom. The fourth-order valence-corrected chi connectivity index (χ4v) is 3.99. The molecule has 1 N–H and O–H groups in total. The van der Waals surface area contributed by atoms with Gasteiger partial charge in [-0.25, -0.2) is 0 Å². The van der Waals surface area contributed by atoms with E-state index in [2.05, 4.69) is 27.7 Å². The van der Waals surface area contributed by atoms with Crippen LogP contribution in [0.25, 0.3) is 0 Å². The van der Waals surface area contributed by atoms with Crippen LogP contribution in [0.15, 0.2) is 35.7 Å². The molecule has 0 radical (unpaired) electrons. The lowest BCUT2D eigenvalue weighted by atomic mass is 9.96. The van der Waals surface area contributed by atoms with Gasteiger partial charge in [0.15, 0.2) is 0 Å². The number of amides is 1. The van der Waals surface area contributed by atoms with Crippen LogP contribution >= 0.6 is 34.5 Å². The van der Waals surface area contributed by atoms with Crippen molar-refractivity contribution >= 4 is 40.4 Å². The van der Waals surface area contributed by atoms with Crippen LogP contribution in [0.1, 0.15) is 28.1 Å². The first kappa shape index (κ1) is 17.7. The molecule has 1 fully saturated rings. The average molecular weight is 383 g/mol. The van der Waals surface area contributed by atoms with Crippen LogP contribution in [0.4, 0.5) is 0 Å². The maximum atomic E-state index is 12.2. The number of hydrogen-bond donors (Lipinski definition) is 1. The van der Waals surface area contributed by atoms with E-state index >= 15 is 0 Å². The van der Waals surface area contributed by atoms with Gasteiger partial charge in [-0.15, -0.1) is 11.3 Å². The highest BCUT2D eigenvalue weighted by Gasteiger charge is 2.20. The minimum absolute atomic E-state index is 0.0884. The van der Waals surface area contributed by atoms with Crippen LogP contribution in [0.5, 0.6) is 0 Å². The van der Waals surface area contributed by atoms with Gasteiger partial charge < -0.3 is 5.32 Å². The van der Waals surface area contributed by atoms with Gasteiger partial charge in [0.2, 0.25) is 0 Å². The van der Waals surface area contributed by atoms with Crippen LogP contribution < -0.4 is 5.32 Å². The lowest BCUT2D eigenvalue weighted by Crippen LogP contribution is -2.38. The van der Waals surface area contributed by atoms with Crippen molar-refractivity contribution in [2.45, 2.75) is 19.4 Å². The molecular formula is C18H20Cl2N2OS. The van der Waals surface area contributed by atoms with Gasteiger partial charge in [0.1, 0.15) is 0 Å². The largest absolute Gasteiger partial charge is 0.352 e. The van der Waals surface area contributed by atoms with Gasteiger partial charge in [0.25, 0.3) is 5.91 Å². The highest BCUT2D eigenvalue weighted by molar-refractivity contribution is 7.09. The molecular weight excluding hydrogens is 363 g/mol. The number of rotatable bonds is 5. The van der Waals surface area contributed by atoms with E-state index in [1.54, 1.807) is 18.2 Å². The number of carbonyl (C=O) groups excluding carboxylic acids is 1. The van der Waals surface area contributed by atoms with Crippen molar-refractivity contribution in [1.82, 2.24) is 10.2 Å². The fourth-order valence-electron chi connectivity index (χ4n) is 2.95. The van der Waals surface area contributed by atoms with Crippen molar-refractivity contribution in [3.63, 3.8) is 0 Å². The molecule has 3 nitrogen and oxygen atoms in total. The molecule has 6 heteroatoms. The Morgan fingerprint density at radius 3 is 2.67 bits per heavy atom. The molecule has 1 saturated heterocycles. The predicted octanol–water partition coefficient (Wildman–Crippen LogP) is 4.70. The van der Waals surface area contributed by atoms with Crippen LogP contribution in [-0.4, -0.2) is 30.4 Å². The van der Waals surface area contributed by atoms with Crippen molar-refractivity contribution < 1.29 is 4.79 Å². The molecule has 1 amide bonds. The normalized spacial score (nSPS) is 16.2. The Morgan fingerprint density at radius 1 is 1.21 bits per heavy atom. The highest BCUT2D eigenvalue weighted by Crippen LogP contribution is 2.23. The summed E-state index contributed by atoms with van der Waals surface area (Å²) in [5.41, 5.74) is 0.555. The zero-order valence-electron chi connectivity index (χ0n) is 13.3. The summed E-state index contributed by atoms with van der Waals surface area (Å²) in [5.74, 6) is 0.450. The summed E-state index contributed by atoms with van der Waals surface area (Å²) < 4.78 is 0. The number of nitrogens with one attached hydrogen (secondary N) is 1. The highest BCUT2D eigenvalue weighted by atomic mass is 35.5. The predicted molar refractivity (Wildman–Crippen MR) is 101 cm³/mol. The van der Waals surface area contributed by atoms with Gasteiger partial charge in [-0.1, -0.05) is 29.3 Å². The molecule has 2 heterocycles. The third kappa shape index (κ3) is 4.73. The Balaban J connectivity index is 1.43. The maximum Gasteiger partial charge on any atom is 0.251 e. The van der Waals surface area contributed by atoms with E-state index in [4.69, 9.17) is 23.2 Å². The number of likely N-dealkylation sites (tertiary alicyclic amines) is 1. The maximum absolute atomic E-state index is 12.2. The first-order valence-corrected chi connectivity index (χ1v) is 9.73. The second-order valence-corrected chi connectivity index (χ2v) is 7.98. The number of thiophene rings is 1. The van der Waals surface area contributed by atoms with Crippen LogP contribution in [-0.2, 0) is 6.54 Å². The molecule has 24 heavy (non-hydrogen) atoms. The monoisotopic (exact) mass is 382 g/mol. The van der Waals surface area contributed by atoms with Gasteiger partial charge in [0, 0.05) is 23.5 Å². The summed E-state index contributed by atoms with van der Waals surface area (Å²) in [6.45, 7) is 3.93. The van der Waals surface area contributed by atoms with Gasteiger partial charge in [-0.3, -0.25) is 9.69 Å². The second kappa shape index (κ2) is 8.34. The molecule has 0 aliphatic carbocycles. The molecule has 1 aromatic heterocycles. The molecule has 0 atom stereocenters. The van der Waals surface area contributed by atoms with E-state index in [1.807, 2.05) is 11.3 Å². The van der Waals surface area contributed by atoms with Crippen LogP contribution in [0.2, 0.25) is 10.0 Å². The molecule has 1 aliphatic heterocycles. The number of halogens is 2. The lowest BCUT2D eigenvalue weighted by Gasteiger charge is -2.31. The molecule has 1 aliphatic rings. The number of carbonyl (C=O) groups is 1. The summed E-state index contributed by atoms with van der Waals surface area (Å²) in [6.07, 6.45) is 2.24. The topological polar surface area (TPSA) is 32.3 Å². The SMILES string of the molecule is O=C(NCC1CCN(Cc2cccs2)CC1)c1ccc(Cl)c(Cl)c1. The van der Waals surface area contributed by atoms with E-state index in [1.165, 1.54) is 4.88 Å². The summed E-state index contributed by atoms with van der Waals surface area (Å²) >= 11 is 13.7. The van der Waals surface area contributed by atoms with Crippen LogP contribution in [0, 0.1) is 5.92 Å². The number of hydrogen-bond acceptors (Lipinski definition) is 3. The minimum atomic E-state index is -0.0884.